The third-order valence-corrected chi connectivity index (χ3v) is 0. The molecule has 0 aromatic carbocycles. The molecule has 0 saturated heterocycles. The van der Waals surface area contributed by atoms with E-state index < -0.39 is 0 Å². The third-order valence-electron chi connectivity index (χ3n) is 0. The van der Waals surface area contributed by atoms with Crippen LogP contribution in [0, 0.1) is 5.92 Å². The van der Waals surface area contributed by atoms with Crippen molar-refractivity contribution in [2.75, 3.05) is 0 Å². The van der Waals surface area contributed by atoms with Crippen LogP contribution >= 0.6 is 0 Å². The fourth-order valence-electron chi connectivity index (χ4n) is 0. The van der Waals surface area contributed by atoms with Crippen LogP contribution in [0.5, 0.6) is 0 Å². The molecule has 0 atom stereocenters. The number of hydrogen-bond donors (Lipinski definition) is 0. The van der Waals surface area contributed by atoms with Crippen LogP contribution in [0.25, 0.3) is 0 Å². The van der Waals surface area contributed by atoms with Crippen molar-refractivity contribution in [2.24, 2.45) is 5.92 Å². The second-order valence-corrected chi connectivity index (χ2v) is 1.73. The van der Waals surface area contributed by atoms with Crippen molar-refractivity contribution >= 4 is 0 Å². The first kappa shape index (κ1) is 45.7. The summed E-state index contributed by atoms with van der Waals surface area (Å²) in [4.78, 5) is 0. The normalized spacial score (nSPS) is 4.50. The van der Waals surface area contributed by atoms with Gasteiger partial charge in [-0.15, -0.1) is 0 Å². The highest BCUT2D eigenvalue weighted by Gasteiger charge is 1.68. The van der Waals surface area contributed by atoms with Gasteiger partial charge in [-0.1, -0.05) is 20.8 Å². The molecule has 0 unspecified atom stereocenters. The van der Waals surface area contributed by atoms with E-state index in [1.165, 1.54) is 0 Å². The van der Waals surface area contributed by atoms with E-state index in [1.54, 1.807) is 0 Å². The predicted molar refractivity (Wildman–Crippen MR) is 33.8 cm³/mol. The van der Waals surface area contributed by atoms with E-state index in [9.17, 15) is 0 Å². The van der Waals surface area contributed by atoms with Gasteiger partial charge < -0.3 is 0 Å². The van der Waals surface area contributed by atoms with Gasteiger partial charge in [0.2, 0.25) is 0 Å². The van der Waals surface area contributed by atoms with Crippen molar-refractivity contribution in [1.29, 1.82) is 0 Å². The molecular formula is C4H10F12. The zero-order valence-electron chi connectivity index (χ0n) is 8.11. The first-order valence-corrected chi connectivity index (χ1v) is 2.59. The Balaban J connectivity index is -0.0000000122. The SMILES string of the molecule is CC(C)C.FF.FF.FF.FF.FF.FF. The minimum atomic E-state index is 0.833. The highest BCUT2D eigenvalue weighted by atomic mass is 20.0. The molecule has 0 fully saturated rings. The molecule has 0 aromatic heterocycles. The smallest absolute Gasteiger partial charge is 0 e. The van der Waals surface area contributed by atoms with Gasteiger partial charge in [0.25, 0.3) is 0 Å². The van der Waals surface area contributed by atoms with Gasteiger partial charge in [-0.25, -0.2) is 0 Å². The van der Waals surface area contributed by atoms with Crippen LogP contribution in [0.1, 0.15) is 20.8 Å². The number of halogens is 12. The maximum atomic E-state index is 8.00. The molecule has 16 heavy (non-hydrogen) atoms. The number of hydrogen-bond acceptors (Lipinski definition) is 0. The molecule has 0 rings (SSSR count). The zero-order chi connectivity index (χ0) is 15.6. The number of rotatable bonds is 0. The fraction of sp³-hybridized carbons (Fsp3) is 1.00. The van der Waals surface area contributed by atoms with Crippen LogP contribution in [0.15, 0.2) is 0 Å². The van der Waals surface area contributed by atoms with Crippen molar-refractivity contribution in [1.82, 2.24) is 0 Å². The zero-order valence-corrected chi connectivity index (χ0v) is 8.11. The standard InChI is InChI=1S/C4H10.6F2/c1-4(2)3;6*1-2/h4H,1-3H3;;;;;;. The Kier molecular flexibility index (Phi) is 1500. The summed E-state index contributed by atoms with van der Waals surface area (Å²) in [6.45, 7) is 6.50. The van der Waals surface area contributed by atoms with Crippen molar-refractivity contribution in [3.8, 4) is 0 Å². The molecule has 0 bridgehead atoms. The lowest BCUT2D eigenvalue weighted by Gasteiger charge is -1.79. The van der Waals surface area contributed by atoms with Gasteiger partial charge in [0.15, 0.2) is 0 Å². The molecule has 0 nitrogen and oxygen atoms in total. The van der Waals surface area contributed by atoms with E-state index in [0.717, 1.165) is 5.92 Å². The molecule has 0 radical (unpaired) electrons. The van der Waals surface area contributed by atoms with Gasteiger partial charge in [0.05, 0.1) is 0 Å². The van der Waals surface area contributed by atoms with E-state index in [-0.39, 0.29) is 0 Å². The lowest BCUT2D eigenvalue weighted by atomic mass is 10.3. The maximum Gasteiger partial charge on any atom is 0 e. The van der Waals surface area contributed by atoms with Crippen LogP contribution in [-0.2, 0) is 0 Å². The van der Waals surface area contributed by atoms with Crippen molar-refractivity contribution in [3.63, 3.8) is 0 Å². The Morgan fingerprint density at radius 2 is 0.375 bits per heavy atom. The van der Waals surface area contributed by atoms with Gasteiger partial charge in [0.1, 0.15) is 0 Å². The molecule has 12 heteroatoms. The molecule has 0 heterocycles. The van der Waals surface area contributed by atoms with Crippen molar-refractivity contribution in [3.05, 3.63) is 0 Å². The molecule has 0 aliphatic carbocycles. The predicted octanol–water partition coefficient (Wildman–Crippen LogP) is 6.70. The summed E-state index contributed by atoms with van der Waals surface area (Å²) < 4.78 is 96.0. The topological polar surface area (TPSA) is 0 Å². The Morgan fingerprint density at radius 3 is 0.375 bits per heavy atom. The highest BCUT2D eigenvalue weighted by molar-refractivity contribution is 4.20. The van der Waals surface area contributed by atoms with Gasteiger partial charge in [-0.3, -0.25) is 0 Å². The summed E-state index contributed by atoms with van der Waals surface area (Å²) in [6.07, 6.45) is 0. The Hall–Kier alpha value is -0.840. The lowest BCUT2D eigenvalue weighted by Crippen LogP contribution is -1.66. The summed E-state index contributed by atoms with van der Waals surface area (Å²) in [5, 5.41) is 0. The summed E-state index contributed by atoms with van der Waals surface area (Å²) >= 11 is 0. The van der Waals surface area contributed by atoms with Gasteiger partial charge in [0, 0.05) is 54.9 Å². The molecule has 110 valence electrons. The monoisotopic (exact) mass is 286 g/mol. The molecule has 0 amide bonds. The van der Waals surface area contributed by atoms with Crippen molar-refractivity contribution < 1.29 is 54.9 Å². The largest absolute Gasteiger partial charge is 0.0630 e. The van der Waals surface area contributed by atoms with Gasteiger partial charge in [-0.2, -0.15) is 0 Å². The van der Waals surface area contributed by atoms with Crippen molar-refractivity contribution in [2.45, 2.75) is 20.8 Å². The molecule has 0 N–H and O–H groups in total. The van der Waals surface area contributed by atoms with Gasteiger partial charge >= 0.3 is 0 Å². The first-order valence-electron chi connectivity index (χ1n) is 2.59. The molecule has 0 aromatic rings. The Bertz CT molecular complexity index is 17.7. The summed E-state index contributed by atoms with van der Waals surface area (Å²) in [7, 11) is 0. The van der Waals surface area contributed by atoms with E-state index in [1.807, 2.05) is 0 Å². The quantitative estimate of drug-likeness (QED) is 0.434. The van der Waals surface area contributed by atoms with Crippen LogP contribution in [0.3, 0.4) is 0 Å². The minimum Gasteiger partial charge on any atom is -0.0630 e. The summed E-state index contributed by atoms with van der Waals surface area (Å²) in [5.74, 6) is 0.833. The second kappa shape index (κ2) is 526. The Labute approximate surface area is 83.0 Å². The Morgan fingerprint density at radius 1 is 0.375 bits per heavy atom. The van der Waals surface area contributed by atoms with Crippen LogP contribution in [-0.4, -0.2) is 0 Å². The lowest BCUT2D eigenvalue weighted by molar-refractivity contribution is 0.108. The second-order valence-electron chi connectivity index (χ2n) is 1.73. The molecule has 0 aliphatic rings. The molecular weight excluding hydrogens is 276 g/mol. The van der Waals surface area contributed by atoms with Gasteiger partial charge in [-0.05, 0) is 5.92 Å². The van der Waals surface area contributed by atoms with E-state index in [4.69, 9.17) is 54.9 Å². The molecule has 0 saturated carbocycles. The van der Waals surface area contributed by atoms with Crippen LogP contribution in [0.2, 0.25) is 0 Å². The van der Waals surface area contributed by atoms with E-state index in [0.29, 0.717) is 0 Å². The average Bonchev–Trinajstić information content (AvgIpc) is 2.42. The first-order chi connectivity index (χ1) is 7.73. The van der Waals surface area contributed by atoms with Crippen LogP contribution in [0.4, 0.5) is 54.9 Å². The maximum absolute atomic E-state index is 8.00. The average molecular weight is 286 g/mol. The third kappa shape index (κ3) is 2760. The molecule has 0 spiro atoms. The van der Waals surface area contributed by atoms with Crippen LogP contribution < -0.4 is 0 Å². The molecule has 0 aliphatic heterocycles. The minimum absolute atomic E-state index is 0.833. The summed E-state index contributed by atoms with van der Waals surface area (Å²) in [5.41, 5.74) is 0. The van der Waals surface area contributed by atoms with E-state index >= 15 is 0 Å². The van der Waals surface area contributed by atoms with E-state index in [2.05, 4.69) is 20.8 Å². The highest BCUT2D eigenvalue weighted by Crippen LogP contribution is 1.81. The summed E-state index contributed by atoms with van der Waals surface area (Å²) in [6, 6.07) is 0. The fourth-order valence-corrected chi connectivity index (χ4v) is 0.